The van der Waals surface area contributed by atoms with Crippen molar-refractivity contribution in [1.82, 2.24) is 0 Å². The molecule has 0 bridgehead atoms. The molecule has 140 valence electrons. The lowest BCUT2D eigenvalue weighted by molar-refractivity contribution is 0.316. The molecule has 0 aromatic heterocycles. The summed E-state index contributed by atoms with van der Waals surface area (Å²) in [4.78, 5) is 0. The average Bonchev–Trinajstić information content (AvgIpc) is 2.61. The van der Waals surface area contributed by atoms with Crippen LogP contribution in [0.25, 0.3) is 0 Å². The number of sulfone groups is 1. The van der Waals surface area contributed by atoms with E-state index < -0.39 is 9.84 Å². The van der Waals surface area contributed by atoms with Crippen molar-refractivity contribution in [3.63, 3.8) is 0 Å². The lowest BCUT2D eigenvalue weighted by Gasteiger charge is -2.32. The van der Waals surface area contributed by atoms with Gasteiger partial charge in [-0.15, -0.1) is 0 Å². The molecule has 26 heavy (non-hydrogen) atoms. The van der Waals surface area contributed by atoms with E-state index in [4.69, 9.17) is 10.5 Å². The van der Waals surface area contributed by atoms with E-state index in [2.05, 4.69) is 36.4 Å². The summed E-state index contributed by atoms with van der Waals surface area (Å²) >= 11 is 0. The molecule has 5 heteroatoms. The highest BCUT2D eigenvalue weighted by molar-refractivity contribution is 7.90. The number of hydrogen-bond acceptors (Lipinski definition) is 4. The lowest BCUT2D eigenvalue weighted by atomic mass is 9.76. The van der Waals surface area contributed by atoms with Crippen molar-refractivity contribution in [3.05, 3.63) is 65.2 Å². The summed E-state index contributed by atoms with van der Waals surface area (Å²) in [6.45, 7) is 0.404. The predicted molar refractivity (Wildman–Crippen MR) is 105 cm³/mol. The van der Waals surface area contributed by atoms with Crippen LogP contribution in [0.5, 0.6) is 5.75 Å². The van der Waals surface area contributed by atoms with E-state index in [0.717, 1.165) is 25.0 Å². The Bertz CT molecular complexity index is 834. The molecule has 4 nitrogen and oxygen atoms in total. The van der Waals surface area contributed by atoms with E-state index in [0.29, 0.717) is 13.0 Å². The molecule has 0 fully saturated rings. The van der Waals surface area contributed by atoms with E-state index >= 15 is 0 Å². The molecule has 2 unspecified atom stereocenters. The number of aryl methyl sites for hydroxylation is 1. The number of rotatable bonds is 7. The Hall–Kier alpha value is -1.85. The Morgan fingerprint density at radius 3 is 2.65 bits per heavy atom. The van der Waals surface area contributed by atoms with Crippen LogP contribution in [-0.2, 0) is 22.7 Å². The third kappa shape index (κ3) is 5.08. The van der Waals surface area contributed by atoms with Crippen LogP contribution in [0.2, 0.25) is 0 Å². The number of fused-ring (bicyclic) bond motifs is 1. The summed E-state index contributed by atoms with van der Waals surface area (Å²) in [5, 5.41) is 0. The second-order valence-corrected chi connectivity index (χ2v) is 9.45. The van der Waals surface area contributed by atoms with Crippen molar-refractivity contribution in [2.75, 3.05) is 18.6 Å². The molecule has 2 atom stereocenters. The first kappa shape index (κ1) is 18.9. The van der Waals surface area contributed by atoms with E-state index in [-0.39, 0.29) is 17.7 Å². The van der Waals surface area contributed by atoms with E-state index in [9.17, 15) is 8.42 Å². The second-order valence-electron chi connectivity index (χ2n) is 7.19. The summed E-state index contributed by atoms with van der Waals surface area (Å²) in [5.41, 5.74) is 10.4. The Morgan fingerprint density at radius 1 is 1.15 bits per heavy atom. The normalized spacial score (nSPS) is 19.8. The number of nitrogens with two attached hydrogens (primary N) is 1. The van der Waals surface area contributed by atoms with Gasteiger partial charge in [-0.1, -0.05) is 36.4 Å². The second kappa shape index (κ2) is 8.23. The van der Waals surface area contributed by atoms with Crippen LogP contribution in [0, 0.1) is 0 Å². The number of ether oxygens (including phenoxy) is 1. The first-order chi connectivity index (χ1) is 12.4. The third-order valence-corrected chi connectivity index (χ3v) is 6.04. The summed E-state index contributed by atoms with van der Waals surface area (Å²) < 4.78 is 28.2. The van der Waals surface area contributed by atoms with Gasteiger partial charge in [0.15, 0.2) is 0 Å². The zero-order valence-electron chi connectivity index (χ0n) is 15.2. The van der Waals surface area contributed by atoms with Gasteiger partial charge < -0.3 is 10.5 Å². The zero-order chi connectivity index (χ0) is 18.6. The monoisotopic (exact) mass is 373 g/mol. The van der Waals surface area contributed by atoms with Crippen molar-refractivity contribution in [2.45, 2.75) is 37.6 Å². The number of hydrogen-bond donors (Lipinski definition) is 1. The predicted octanol–water partition coefficient (Wildman–Crippen LogP) is 3.10. The Labute approximate surface area is 156 Å². The fraction of sp³-hybridized carbons (Fsp3) is 0.429. The van der Waals surface area contributed by atoms with Gasteiger partial charge in [0, 0.05) is 18.2 Å². The Kier molecular flexibility index (Phi) is 5.99. The van der Waals surface area contributed by atoms with Crippen LogP contribution in [0.15, 0.2) is 48.5 Å². The van der Waals surface area contributed by atoms with Crippen molar-refractivity contribution in [2.24, 2.45) is 5.73 Å². The molecule has 0 radical (unpaired) electrons. The molecule has 2 N–H and O–H groups in total. The van der Waals surface area contributed by atoms with Crippen LogP contribution in [0.3, 0.4) is 0 Å². The molecule has 2 aromatic rings. The maximum atomic E-state index is 11.2. The summed E-state index contributed by atoms with van der Waals surface area (Å²) in [6.07, 6.45) is 4.67. The van der Waals surface area contributed by atoms with Gasteiger partial charge in [-0.25, -0.2) is 8.42 Å². The van der Waals surface area contributed by atoms with Gasteiger partial charge in [0.25, 0.3) is 0 Å². The minimum Gasteiger partial charge on any atom is -0.494 e. The maximum Gasteiger partial charge on any atom is 0.147 e. The van der Waals surface area contributed by atoms with Crippen LogP contribution in [-0.4, -0.2) is 33.1 Å². The van der Waals surface area contributed by atoms with E-state index in [1.807, 2.05) is 12.1 Å². The minimum atomic E-state index is -2.94. The summed E-state index contributed by atoms with van der Waals surface area (Å²) in [7, 11) is -2.94. The smallest absolute Gasteiger partial charge is 0.147 e. The fourth-order valence-electron chi connectivity index (χ4n) is 3.63. The largest absolute Gasteiger partial charge is 0.494 e. The highest BCUT2D eigenvalue weighted by Gasteiger charge is 2.27. The number of benzene rings is 2. The molecule has 3 rings (SSSR count). The average molecular weight is 374 g/mol. The van der Waals surface area contributed by atoms with Gasteiger partial charge in [0.1, 0.15) is 15.6 Å². The first-order valence-corrected chi connectivity index (χ1v) is 11.2. The van der Waals surface area contributed by atoms with Crippen molar-refractivity contribution in [1.29, 1.82) is 0 Å². The summed E-state index contributed by atoms with van der Waals surface area (Å²) in [5.74, 6) is 1.23. The van der Waals surface area contributed by atoms with Gasteiger partial charge in [-0.2, -0.15) is 0 Å². The van der Waals surface area contributed by atoms with Crippen LogP contribution in [0.4, 0.5) is 0 Å². The molecule has 0 heterocycles. The lowest BCUT2D eigenvalue weighted by Crippen LogP contribution is -2.34. The molecule has 0 amide bonds. The van der Waals surface area contributed by atoms with E-state index in [1.54, 1.807) is 0 Å². The first-order valence-electron chi connectivity index (χ1n) is 9.15. The van der Waals surface area contributed by atoms with Crippen LogP contribution in [0.1, 0.15) is 35.4 Å². The van der Waals surface area contributed by atoms with Gasteiger partial charge in [0.05, 0.1) is 12.4 Å². The molecule has 0 saturated carbocycles. The van der Waals surface area contributed by atoms with Crippen LogP contribution >= 0.6 is 0 Å². The van der Waals surface area contributed by atoms with Crippen LogP contribution < -0.4 is 10.5 Å². The molecule has 0 aliphatic heterocycles. The topological polar surface area (TPSA) is 69.4 Å². The standard InChI is InChI=1S/C21H27NO3S/c1-26(23,24)13-5-12-25-18-10-8-17-9-11-21(22)20(19(17)15-18)14-16-6-3-2-4-7-16/h2-4,6-8,10,15,20-21H,5,9,11-14,22H2,1H3. The van der Waals surface area contributed by atoms with Crippen molar-refractivity contribution >= 4 is 9.84 Å². The minimum absolute atomic E-state index is 0.142. The maximum absolute atomic E-state index is 11.2. The Morgan fingerprint density at radius 2 is 1.92 bits per heavy atom. The van der Waals surface area contributed by atoms with Gasteiger partial charge in [-0.3, -0.25) is 0 Å². The molecule has 2 aromatic carbocycles. The van der Waals surface area contributed by atoms with Gasteiger partial charge in [-0.05, 0) is 54.5 Å². The molecular weight excluding hydrogens is 346 g/mol. The van der Waals surface area contributed by atoms with E-state index in [1.165, 1.54) is 22.9 Å². The fourth-order valence-corrected chi connectivity index (χ4v) is 4.27. The SMILES string of the molecule is CS(=O)(=O)CCCOc1ccc2c(c1)C(Cc1ccccc1)C(N)CC2. The van der Waals surface area contributed by atoms with Crippen molar-refractivity contribution < 1.29 is 13.2 Å². The molecule has 0 saturated heterocycles. The molecule has 1 aliphatic carbocycles. The highest BCUT2D eigenvalue weighted by atomic mass is 32.2. The highest BCUT2D eigenvalue weighted by Crippen LogP contribution is 2.35. The molecular formula is C21H27NO3S. The third-order valence-electron chi connectivity index (χ3n) is 5.01. The quantitative estimate of drug-likeness (QED) is 0.757. The molecule has 0 spiro atoms. The summed E-state index contributed by atoms with van der Waals surface area (Å²) in [6, 6.07) is 16.8. The Balaban J connectivity index is 1.72. The van der Waals surface area contributed by atoms with Crippen molar-refractivity contribution in [3.8, 4) is 5.75 Å². The van der Waals surface area contributed by atoms with Gasteiger partial charge in [0.2, 0.25) is 0 Å². The molecule has 1 aliphatic rings. The van der Waals surface area contributed by atoms with Gasteiger partial charge >= 0.3 is 0 Å². The zero-order valence-corrected chi connectivity index (χ0v) is 16.0.